The van der Waals surface area contributed by atoms with E-state index in [1.807, 2.05) is 30.3 Å². The minimum atomic E-state index is 0.205. The van der Waals surface area contributed by atoms with E-state index in [-0.39, 0.29) is 6.04 Å². The largest absolute Gasteiger partial charge is 0.454 e. The molecule has 0 radical (unpaired) electrons. The molecule has 0 aliphatic carbocycles. The fourth-order valence-corrected chi connectivity index (χ4v) is 1.99. The molecule has 19 heavy (non-hydrogen) atoms. The quantitative estimate of drug-likeness (QED) is 0.908. The number of nitrogens with one attached hydrogen (secondary N) is 1. The third-order valence-electron chi connectivity index (χ3n) is 3.11. The summed E-state index contributed by atoms with van der Waals surface area (Å²) in [5.41, 5.74) is 2.09. The summed E-state index contributed by atoms with van der Waals surface area (Å²) >= 11 is 0. The molecule has 0 fully saturated rings. The maximum absolute atomic E-state index is 5.38. The molecule has 2 aromatic rings. The summed E-state index contributed by atoms with van der Waals surface area (Å²) in [7, 11) is 0. The van der Waals surface area contributed by atoms with E-state index in [9.17, 15) is 0 Å². The van der Waals surface area contributed by atoms with Crippen molar-refractivity contribution in [1.29, 1.82) is 0 Å². The first-order valence-corrected chi connectivity index (χ1v) is 6.22. The van der Waals surface area contributed by atoms with Gasteiger partial charge in [-0.15, -0.1) is 0 Å². The maximum Gasteiger partial charge on any atom is 0.231 e. The SMILES string of the molecule is CC(NCc1cccnn1)c1ccc2c(c1)OCO2. The van der Waals surface area contributed by atoms with Gasteiger partial charge in [0.2, 0.25) is 6.79 Å². The first kappa shape index (κ1) is 11.9. The number of hydrogen-bond acceptors (Lipinski definition) is 5. The summed E-state index contributed by atoms with van der Waals surface area (Å²) < 4.78 is 10.7. The van der Waals surface area contributed by atoms with Crippen LogP contribution in [0.15, 0.2) is 36.5 Å². The number of fused-ring (bicyclic) bond motifs is 1. The van der Waals surface area contributed by atoms with Crippen molar-refractivity contribution >= 4 is 0 Å². The van der Waals surface area contributed by atoms with Gasteiger partial charge in [0.05, 0.1) is 5.69 Å². The van der Waals surface area contributed by atoms with E-state index in [2.05, 4.69) is 22.4 Å². The van der Waals surface area contributed by atoms with Crippen LogP contribution >= 0.6 is 0 Å². The Morgan fingerprint density at radius 3 is 3.00 bits per heavy atom. The summed E-state index contributed by atoms with van der Waals surface area (Å²) in [5.74, 6) is 1.62. The molecule has 0 saturated heterocycles. The standard InChI is InChI=1S/C14H15N3O2/c1-10(15-8-12-3-2-6-16-17-12)11-4-5-13-14(7-11)19-9-18-13/h2-7,10,15H,8-9H2,1H3. The van der Waals surface area contributed by atoms with Crippen LogP contribution < -0.4 is 14.8 Å². The molecule has 0 bridgehead atoms. The van der Waals surface area contributed by atoms with Crippen LogP contribution in [0.4, 0.5) is 0 Å². The lowest BCUT2D eigenvalue weighted by atomic mass is 10.1. The Balaban J connectivity index is 1.65. The molecule has 1 aliphatic heterocycles. The zero-order valence-electron chi connectivity index (χ0n) is 10.7. The van der Waals surface area contributed by atoms with Crippen molar-refractivity contribution in [1.82, 2.24) is 15.5 Å². The minimum Gasteiger partial charge on any atom is -0.454 e. The lowest BCUT2D eigenvalue weighted by molar-refractivity contribution is 0.174. The Kier molecular flexibility index (Phi) is 3.29. The second-order valence-corrected chi connectivity index (χ2v) is 4.43. The number of hydrogen-bond donors (Lipinski definition) is 1. The van der Waals surface area contributed by atoms with Crippen molar-refractivity contribution in [3.05, 3.63) is 47.8 Å². The van der Waals surface area contributed by atoms with Gasteiger partial charge in [0.25, 0.3) is 0 Å². The second kappa shape index (κ2) is 5.24. The van der Waals surface area contributed by atoms with E-state index in [0.717, 1.165) is 22.8 Å². The van der Waals surface area contributed by atoms with Crippen LogP contribution in [-0.2, 0) is 6.54 Å². The van der Waals surface area contributed by atoms with Crippen LogP contribution in [0, 0.1) is 0 Å². The van der Waals surface area contributed by atoms with Crippen LogP contribution in [-0.4, -0.2) is 17.0 Å². The van der Waals surface area contributed by atoms with Crippen molar-refractivity contribution in [2.45, 2.75) is 19.5 Å². The summed E-state index contributed by atoms with van der Waals surface area (Å²) in [6, 6.07) is 10.0. The third-order valence-corrected chi connectivity index (χ3v) is 3.11. The number of benzene rings is 1. The molecular weight excluding hydrogens is 242 g/mol. The van der Waals surface area contributed by atoms with Crippen molar-refractivity contribution < 1.29 is 9.47 Å². The molecule has 0 saturated carbocycles. The molecule has 0 amide bonds. The Hall–Kier alpha value is -2.14. The fourth-order valence-electron chi connectivity index (χ4n) is 1.99. The first-order valence-electron chi connectivity index (χ1n) is 6.22. The van der Waals surface area contributed by atoms with Crippen LogP contribution in [0.1, 0.15) is 24.2 Å². The predicted molar refractivity (Wildman–Crippen MR) is 69.9 cm³/mol. The predicted octanol–water partition coefficient (Wildman–Crippen LogP) is 2.06. The van der Waals surface area contributed by atoms with E-state index >= 15 is 0 Å². The highest BCUT2D eigenvalue weighted by molar-refractivity contribution is 5.45. The van der Waals surface area contributed by atoms with Crippen molar-refractivity contribution in [3.63, 3.8) is 0 Å². The molecule has 5 heteroatoms. The van der Waals surface area contributed by atoms with Crippen LogP contribution in [0.5, 0.6) is 11.5 Å². The molecule has 1 aliphatic rings. The smallest absolute Gasteiger partial charge is 0.231 e. The van der Waals surface area contributed by atoms with Gasteiger partial charge < -0.3 is 14.8 Å². The number of rotatable bonds is 4. The highest BCUT2D eigenvalue weighted by Gasteiger charge is 2.15. The number of nitrogens with zero attached hydrogens (tertiary/aromatic N) is 2. The van der Waals surface area contributed by atoms with Gasteiger partial charge in [0.15, 0.2) is 11.5 Å². The minimum absolute atomic E-state index is 0.205. The van der Waals surface area contributed by atoms with Gasteiger partial charge in [-0.1, -0.05) is 6.07 Å². The van der Waals surface area contributed by atoms with Crippen molar-refractivity contribution in [2.24, 2.45) is 0 Å². The zero-order chi connectivity index (χ0) is 13.1. The molecule has 1 atom stereocenters. The van der Waals surface area contributed by atoms with E-state index in [1.54, 1.807) is 6.20 Å². The van der Waals surface area contributed by atoms with E-state index < -0.39 is 0 Å². The van der Waals surface area contributed by atoms with Gasteiger partial charge in [-0.3, -0.25) is 0 Å². The molecular formula is C14H15N3O2. The Morgan fingerprint density at radius 1 is 1.26 bits per heavy atom. The molecule has 1 aromatic heterocycles. The second-order valence-electron chi connectivity index (χ2n) is 4.43. The molecule has 1 unspecified atom stereocenters. The van der Waals surface area contributed by atoms with Crippen molar-refractivity contribution in [3.8, 4) is 11.5 Å². The first-order chi connectivity index (χ1) is 9.33. The molecule has 1 N–H and O–H groups in total. The van der Waals surface area contributed by atoms with Gasteiger partial charge >= 0.3 is 0 Å². The van der Waals surface area contributed by atoms with Gasteiger partial charge in [-0.2, -0.15) is 10.2 Å². The fraction of sp³-hybridized carbons (Fsp3) is 0.286. The zero-order valence-corrected chi connectivity index (χ0v) is 10.7. The average Bonchev–Trinajstić information content (AvgIpc) is 2.93. The molecule has 5 nitrogen and oxygen atoms in total. The summed E-state index contributed by atoms with van der Waals surface area (Å²) in [4.78, 5) is 0. The summed E-state index contributed by atoms with van der Waals surface area (Å²) in [6.45, 7) is 3.09. The Labute approximate surface area is 111 Å². The molecule has 1 aromatic carbocycles. The summed E-state index contributed by atoms with van der Waals surface area (Å²) in [5, 5.41) is 11.3. The van der Waals surface area contributed by atoms with E-state index in [4.69, 9.17) is 9.47 Å². The normalized spacial score (nSPS) is 14.4. The van der Waals surface area contributed by atoms with Crippen LogP contribution in [0.3, 0.4) is 0 Å². The van der Waals surface area contributed by atoms with Gasteiger partial charge in [0.1, 0.15) is 0 Å². The lowest BCUT2D eigenvalue weighted by Gasteiger charge is -2.14. The van der Waals surface area contributed by atoms with Gasteiger partial charge in [-0.25, -0.2) is 0 Å². The monoisotopic (exact) mass is 257 g/mol. The molecule has 98 valence electrons. The lowest BCUT2D eigenvalue weighted by Crippen LogP contribution is -2.18. The van der Waals surface area contributed by atoms with Gasteiger partial charge in [0, 0.05) is 18.8 Å². The van der Waals surface area contributed by atoms with E-state index in [1.165, 1.54) is 0 Å². The third kappa shape index (κ3) is 2.66. The Bertz CT molecular complexity index is 560. The maximum atomic E-state index is 5.38. The molecule has 3 rings (SSSR count). The molecule has 2 heterocycles. The highest BCUT2D eigenvalue weighted by atomic mass is 16.7. The highest BCUT2D eigenvalue weighted by Crippen LogP contribution is 2.34. The van der Waals surface area contributed by atoms with Crippen molar-refractivity contribution in [2.75, 3.05) is 6.79 Å². The van der Waals surface area contributed by atoms with Crippen LogP contribution in [0.2, 0.25) is 0 Å². The Morgan fingerprint density at radius 2 is 2.16 bits per heavy atom. The van der Waals surface area contributed by atoms with Gasteiger partial charge in [-0.05, 0) is 36.8 Å². The van der Waals surface area contributed by atoms with Crippen LogP contribution in [0.25, 0.3) is 0 Å². The van der Waals surface area contributed by atoms with E-state index in [0.29, 0.717) is 13.3 Å². The average molecular weight is 257 g/mol. The number of aromatic nitrogens is 2. The molecule has 0 spiro atoms. The topological polar surface area (TPSA) is 56.3 Å². The number of ether oxygens (including phenoxy) is 2. The summed E-state index contributed by atoms with van der Waals surface area (Å²) in [6.07, 6.45) is 1.67.